The number of hydrogen-bond donors (Lipinski definition) is 0. The van der Waals surface area contributed by atoms with Gasteiger partial charge in [-0.1, -0.05) is 34.1 Å². The number of rotatable bonds is 3. The van der Waals surface area contributed by atoms with E-state index in [2.05, 4.69) is 17.3 Å². The molecule has 0 bridgehead atoms. The fraction of sp³-hybridized carbons (Fsp3) is 1.00. The van der Waals surface area contributed by atoms with Crippen LogP contribution in [-0.2, 0) is 32.7 Å². The fourth-order valence-corrected chi connectivity index (χ4v) is 1.66. The normalized spacial score (nSPS) is 16.1. The molecule has 16 heavy (non-hydrogen) atoms. The zero-order valence-electron chi connectivity index (χ0n) is 12.3. The van der Waals surface area contributed by atoms with E-state index in [1.807, 2.05) is 34.7 Å². The Balaban J connectivity index is -0.000000305. The molecule has 1 fully saturated rings. The number of piperidine rings is 1. The molecule has 1 radical (unpaired) electrons. The summed E-state index contributed by atoms with van der Waals surface area (Å²) >= 11 is 0. The first-order chi connectivity index (χ1) is 7.33. The van der Waals surface area contributed by atoms with E-state index < -0.39 is 0 Å². The Morgan fingerprint density at radius 1 is 1.06 bits per heavy atom. The summed E-state index contributed by atoms with van der Waals surface area (Å²) in [5.41, 5.74) is 0. The van der Waals surface area contributed by atoms with Crippen LogP contribution < -0.4 is 0 Å². The first-order valence-corrected chi connectivity index (χ1v) is 6.57. The van der Waals surface area contributed by atoms with Crippen molar-refractivity contribution < 1.29 is 32.7 Å². The molecule has 1 rings (SSSR count). The Hall–Kier alpha value is 1.02. The molecule has 97 valence electrons. The van der Waals surface area contributed by atoms with Crippen molar-refractivity contribution in [2.75, 3.05) is 33.7 Å². The Morgan fingerprint density at radius 2 is 1.50 bits per heavy atom. The zero-order chi connectivity index (χ0) is 12.1. The van der Waals surface area contributed by atoms with Crippen LogP contribution in [0.4, 0.5) is 0 Å². The molecule has 0 aliphatic carbocycles. The minimum atomic E-state index is 0. The molecule has 0 aromatic rings. The third kappa shape index (κ3) is 13.1. The Labute approximate surface area is 129 Å². The van der Waals surface area contributed by atoms with Crippen molar-refractivity contribution in [2.45, 2.75) is 47.0 Å². The topological polar surface area (TPSA) is 17.3 Å². The van der Waals surface area contributed by atoms with Crippen LogP contribution in [0.3, 0.4) is 0 Å². The smallest absolute Gasteiger partial charge is 0 e. The molecule has 0 N–H and O–H groups in total. The van der Waals surface area contributed by atoms with Crippen molar-refractivity contribution in [3.05, 3.63) is 5.32 Å². The monoisotopic (exact) mass is 304 g/mol. The van der Waals surface area contributed by atoms with Crippen LogP contribution in [0.1, 0.15) is 47.0 Å². The minimum Gasteiger partial charge on any atom is -0.665 e. The second-order valence-electron chi connectivity index (χ2n) is 3.58. The molecule has 0 atom stereocenters. The summed E-state index contributed by atoms with van der Waals surface area (Å²) in [6.45, 7) is 11.6. The van der Waals surface area contributed by atoms with Crippen LogP contribution in [-0.4, -0.2) is 38.6 Å². The maximum absolute atomic E-state index is 4.14. The predicted octanol–water partition coefficient (Wildman–Crippen LogP) is 3.77. The van der Waals surface area contributed by atoms with Crippen LogP contribution >= 0.6 is 0 Å². The van der Waals surface area contributed by atoms with Crippen LogP contribution in [0.5, 0.6) is 0 Å². The molecule has 0 unspecified atom stereocenters. The minimum absolute atomic E-state index is 0. The van der Waals surface area contributed by atoms with E-state index in [-0.39, 0.29) is 32.7 Å². The van der Waals surface area contributed by atoms with Gasteiger partial charge in [0, 0.05) is 32.7 Å². The fourth-order valence-electron chi connectivity index (χ4n) is 1.66. The maximum Gasteiger partial charge on any atom is 0 e. The van der Waals surface area contributed by atoms with Crippen molar-refractivity contribution in [1.29, 1.82) is 0 Å². The van der Waals surface area contributed by atoms with Crippen LogP contribution in [0.25, 0.3) is 5.32 Å². The molecule has 2 nitrogen and oxygen atoms in total. The number of hydrogen-bond acceptors (Lipinski definition) is 1. The zero-order valence-corrected chi connectivity index (χ0v) is 15.1. The van der Waals surface area contributed by atoms with Crippen LogP contribution in [0, 0.1) is 5.92 Å². The predicted molar refractivity (Wildman–Crippen MR) is 71.7 cm³/mol. The van der Waals surface area contributed by atoms with E-state index in [4.69, 9.17) is 0 Å². The SMILES string of the molecule is CC.CC.C[N-]CCC1CCN(C)CC1.[Y]. The molecule has 3 heteroatoms. The Bertz CT molecular complexity index is 99.4. The van der Waals surface area contributed by atoms with E-state index in [0.717, 1.165) is 12.5 Å². The molecule has 0 aromatic heterocycles. The molecule has 0 spiro atoms. The van der Waals surface area contributed by atoms with Gasteiger partial charge in [-0.3, -0.25) is 0 Å². The molecule has 1 saturated heterocycles. The second kappa shape index (κ2) is 18.4. The summed E-state index contributed by atoms with van der Waals surface area (Å²) in [6, 6.07) is 0. The summed E-state index contributed by atoms with van der Waals surface area (Å²) < 4.78 is 0. The molecule has 0 saturated carbocycles. The van der Waals surface area contributed by atoms with Gasteiger partial charge in [-0.15, -0.1) is 6.54 Å². The maximum atomic E-state index is 4.14. The van der Waals surface area contributed by atoms with Gasteiger partial charge < -0.3 is 10.2 Å². The third-order valence-corrected chi connectivity index (χ3v) is 2.60. The van der Waals surface area contributed by atoms with Crippen molar-refractivity contribution in [3.8, 4) is 0 Å². The first kappa shape index (κ1) is 22.2. The van der Waals surface area contributed by atoms with Gasteiger partial charge in [-0.25, -0.2) is 0 Å². The van der Waals surface area contributed by atoms with E-state index in [9.17, 15) is 0 Å². The molecule has 1 aliphatic heterocycles. The molecule has 0 amide bonds. The third-order valence-electron chi connectivity index (χ3n) is 2.60. The van der Waals surface area contributed by atoms with Crippen molar-refractivity contribution in [1.82, 2.24) is 4.90 Å². The second-order valence-corrected chi connectivity index (χ2v) is 3.58. The van der Waals surface area contributed by atoms with Gasteiger partial charge >= 0.3 is 0 Å². The number of likely N-dealkylation sites (tertiary alicyclic amines) is 1. The summed E-state index contributed by atoms with van der Waals surface area (Å²) in [7, 11) is 4.12. The van der Waals surface area contributed by atoms with Crippen LogP contribution in [0.2, 0.25) is 0 Å². The van der Waals surface area contributed by atoms with Gasteiger partial charge in [-0.05, 0) is 38.9 Å². The van der Waals surface area contributed by atoms with E-state index in [1.165, 1.54) is 32.4 Å². The first-order valence-electron chi connectivity index (χ1n) is 6.57. The van der Waals surface area contributed by atoms with Gasteiger partial charge in [0.25, 0.3) is 0 Å². The molecular weight excluding hydrogens is 273 g/mol. The van der Waals surface area contributed by atoms with Gasteiger partial charge in [-0.2, -0.15) is 7.05 Å². The summed E-state index contributed by atoms with van der Waals surface area (Å²) in [5.74, 6) is 0.954. The van der Waals surface area contributed by atoms with E-state index >= 15 is 0 Å². The largest absolute Gasteiger partial charge is 0.665 e. The number of nitrogens with zero attached hydrogens (tertiary/aromatic N) is 2. The standard InChI is InChI=1S/C9H19N2.2C2H6.Y/c1-10-6-3-9-4-7-11(2)8-5-9;2*1-2;/h9H,3-8H2,1-2H3;2*1-2H3;/q-1;;;. The van der Waals surface area contributed by atoms with Gasteiger partial charge in [0.05, 0.1) is 0 Å². The molecular formula is C13H31N2Y-. The Kier molecular flexibility index (Phi) is 25.5. The molecule has 0 aromatic carbocycles. The molecule has 1 aliphatic rings. The van der Waals surface area contributed by atoms with Gasteiger partial charge in [0.2, 0.25) is 0 Å². The average molecular weight is 304 g/mol. The van der Waals surface area contributed by atoms with Crippen molar-refractivity contribution >= 4 is 0 Å². The summed E-state index contributed by atoms with van der Waals surface area (Å²) in [6.07, 6.45) is 4.07. The van der Waals surface area contributed by atoms with Crippen molar-refractivity contribution in [3.63, 3.8) is 0 Å². The van der Waals surface area contributed by atoms with E-state index in [1.54, 1.807) is 0 Å². The quantitative estimate of drug-likeness (QED) is 0.776. The summed E-state index contributed by atoms with van der Waals surface area (Å²) in [5, 5.41) is 4.14. The average Bonchev–Trinajstić information content (AvgIpc) is 2.34. The van der Waals surface area contributed by atoms with Gasteiger partial charge in [0.15, 0.2) is 0 Å². The van der Waals surface area contributed by atoms with Gasteiger partial charge in [0.1, 0.15) is 0 Å². The van der Waals surface area contributed by atoms with E-state index in [0.29, 0.717) is 0 Å². The molecule has 1 heterocycles. The Morgan fingerprint density at radius 3 is 1.88 bits per heavy atom. The summed E-state index contributed by atoms with van der Waals surface area (Å²) in [4.78, 5) is 2.42. The van der Waals surface area contributed by atoms with Crippen molar-refractivity contribution in [2.24, 2.45) is 5.92 Å². The van der Waals surface area contributed by atoms with Crippen LogP contribution in [0.15, 0.2) is 0 Å².